The molecule has 0 spiro atoms. The van der Waals surface area contributed by atoms with Crippen LogP contribution in [0.3, 0.4) is 0 Å². The van der Waals surface area contributed by atoms with Crippen LogP contribution in [0.5, 0.6) is 0 Å². The number of hydrogen-bond acceptors (Lipinski definition) is 6. The summed E-state index contributed by atoms with van der Waals surface area (Å²) in [6, 6.07) is 19.2. The predicted octanol–water partition coefficient (Wildman–Crippen LogP) is 1.83. The van der Waals surface area contributed by atoms with Gasteiger partial charge in [-0.15, -0.1) is 0 Å². The van der Waals surface area contributed by atoms with Crippen molar-refractivity contribution in [2.75, 3.05) is 5.73 Å². The molecule has 0 bridgehead atoms. The highest BCUT2D eigenvalue weighted by Gasteiger charge is 2.40. The zero-order chi connectivity index (χ0) is 25.4. The summed E-state index contributed by atoms with van der Waals surface area (Å²) < 4.78 is 0. The maximum absolute atomic E-state index is 12.9. The van der Waals surface area contributed by atoms with E-state index >= 15 is 0 Å². The molecule has 8 nitrogen and oxygen atoms in total. The molecule has 2 atom stereocenters. The maximum atomic E-state index is 12.9. The van der Waals surface area contributed by atoms with Crippen LogP contribution in [0, 0.1) is 11.8 Å². The number of hydroxylamine groups is 1. The largest absolute Gasteiger partial charge is 0.399 e. The first-order chi connectivity index (χ1) is 16.7. The van der Waals surface area contributed by atoms with Gasteiger partial charge in [0.1, 0.15) is 11.6 Å². The molecular weight excluding hydrogens is 444 g/mol. The zero-order valence-corrected chi connectivity index (χ0v) is 19.3. The topological polar surface area (TPSA) is 151 Å². The monoisotopic (exact) mass is 472 g/mol. The van der Waals surface area contributed by atoms with Gasteiger partial charge in [0.05, 0.1) is 0 Å². The van der Waals surface area contributed by atoms with Gasteiger partial charge >= 0.3 is 0 Å². The number of nitrogen functional groups attached to an aromatic ring is 1. The predicted molar refractivity (Wildman–Crippen MR) is 133 cm³/mol. The lowest BCUT2D eigenvalue weighted by Crippen LogP contribution is -2.57. The summed E-state index contributed by atoms with van der Waals surface area (Å²) in [6.07, 6.45) is 0.481. The second-order valence-electron chi connectivity index (χ2n) is 8.23. The van der Waals surface area contributed by atoms with Crippen LogP contribution in [0.4, 0.5) is 5.69 Å². The summed E-state index contributed by atoms with van der Waals surface area (Å²) in [4.78, 5) is 25.2. The van der Waals surface area contributed by atoms with Gasteiger partial charge in [0.15, 0.2) is 0 Å². The molecule has 2 amide bonds. The molecule has 0 fully saturated rings. The quantitative estimate of drug-likeness (QED) is 0.134. The Labute approximate surface area is 203 Å². The molecule has 0 heterocycles. The van der Waals surface area contributed by atoms with E-state index in [-0.39, 0.29) is 5.56 Å². The first-order valence-corrected chi connectivity index (χ1v) is 10.9. The van der Waals surface area contributed by atoms with Crippen LogP contribution >= 0.6 is 0 Å². The van der Waals surface area contributed by atoms with Crippen molar-refractivity contribution >= 4 is 17.5 Å². The lowest BCUT2D eigenvalue weighted by atomic mass is 9.87. The van der Waals surface area contributed by atoms with Crippen molar-refractivity contribution in [3.8, 4) is 11.8 Å². The molecule has 180 valence electrons. The van der Waals surface area contributed by atoms with E-state index in [2.05, 4.69) is 17.2 Å². The smallest absolute Gasteiger partial charge is 0.269 e. The zero-order valence-electron chi connectivity index (χ0n) is 19.3. The first kappa shape index (κ1) is 25.5. The van der Waals surface area contributed by atoms with E-state index in [0.29, 0.717) is 24.2 Å². The van der Waals surface area contributed by atoms with E-state index in [1.807, 2.05) is 12.1 Å². The minimum atomic E-state index is -1.81. The van der Waals surface area contributed by atoms with E-state index in [9.17, 15) is 19.9 Å². The van der Waals surface area contributed by atoms with Gasteiger partial charge in [0, 0.05) is 29.8 Å². The molecule has 0 aliphatic heterocycles. The number of nitrogens with two attached hydrogens (primary N) is 2. The Bertz CT molecular complexity index is 1230. The third-order valence-corrected chi connectivity index (χ3v) is 5.64. The van der Waals surface area contributed by atoms with E-state index in [0.717, 1.165) is 16.7 Å². The molecular formula is C27H28N4O4. The number of aliphatic hydroxyl groups is 1. The van der Waals surface area contributed by atoms with Crippen LogP contribution in [0.2, 0.25) is 0 Å². The molecule has 3 aromatic rings. The molecule has 8 heteroatoms. The molecule has 0 aliphatic carbocycles. The highest BCUT2D eigenvalue weighted by atomic mass is 16.5. The number of carbonyl (C=O) groups excluding carboxylic acids is 2. The van der Waals surface area contributed by atoms with Gasteiger partial charge < -0.3 is 21.9 Å². The average molecular weight is 473 g/mol. The Morgan fingerprint density at radius 1 is 0.971 bits per heavy atom. The fraction of sp³-hybridized carbons (Fsp3) is 0.185. The Kier molecular flexibility index (Phi) is 8.23. The number of hydrogen-bond donors (Lipinski definition) is 6. The van der Waals surface area contributed by atoms with E-state index in [1.54, 1.807) is 60.7 Å². The van der Waals surface area contributed by atoms with Gasteiger partial charge in [-0.3, -0.25) is 14.8 Å². The highest BCUT2D eigenvalue weighted by Crippen LogP contribution is 2.26. The van der Waals surface area contributed by atoms with E-state index < -0.39 is 23.5 Å². The molecule has 1 unspecified atom stereocenters. The van der Waals surface area contributed by atoms with Crippen LogP contribution < -0.4 is 22.3 Å². The van der Waals surface area contributed by atoms with Gasteiger partial charge in [-0.1, -0.05) is 48.2 Å². The molecule has 3 rings (SSSR count). The van der Waals surface area contributed by atoms with Crippen molar-refractivity contribution < 1.29 is 19.9 Å². The highest BCUT2D eigenvalue weighted by molar-refractivity contribution is 5.97. The van der Waals surface area contributed by atoms with Gasteiger partial charge in [-0.25, -0.2) is 5.48 Å². The third-order valence-electron chi connectivity index (χ3n) is 5.64. The van der Waals surface area contributed by atoms with Crippen molar-refractivity contribution in [3.63, 3.8) is 0 Å². The normalized spacial score (nSPS) is 13.0. The lowest BCUT2D eigenvalue weighted by molar-refractivity contribution is -0.138. The van der Waals surface area contributed by atoms with Crippen LogP contribution in [0.15, 0.2) is 72.8 Å². The third kappa shape index (κ3) is 6.46. The lowest BCUT2D eigenvalue weighted by Gasteiger charge is -2.32. The summed E-state index contributed by atoms with van der Waals surface area (Å²) in [7, 11) is 0. The number of rotatable bonds is 7. The van der Waals surface area contributed by atoms with Crippen LogP contribution in [0.1, 0.15) is 39.5 Å². The Morgan fingerprint density at radius 3 is 2.14 bits per heavy atom. The van der Waals surface area contributed by atoms with E-state index in [4.69, 9.17) is 11.5 Å². The van der Waals surface area contributed by atoms with Crippen molar-refractivity contribution in [2.24, 2.45) is 5.73 Å². The van der Waals surface area contributed by atoms with Crippen molar-refractivity contribution in [2.45, 2.75) is 31.5 Å². The fourth-order valence-electron chi connectivity index (χ4n) is 3.47. The molecule has 35 heavy (non-hydrogen) atoms. The van der Waals surface area contributed by atoms with Gasteiger partial charge in [0.2, 0.25) is 0 Å². The maximum Gasteiger partial charge on any atom is 0.269 e. The van der Waals surface area contributed by atoms with Gasteiger partial charge in [-0.2, -0.15) is 0 Å². The molecule has 3 aromatic carbocycles. The van der Waals surface area contributed by atoms with Crippen molar-refractivity contribution in [1.29, 1.82) is 0 Å². The molecule has 0 saturated heterocycles. The number of carbonyl (C=O) groups is 2. The summed E-state index contributed by atoms with van der Waals surface area (Å²) in [5, 5.41) is 22.8. The van der Waals surface area contributed by atoms with Crippen LogP contribution in [-0.2, 0) is 23.4 Å². The average Bonchev–Trinajstić information content (AvgIpc) is 2.88. The number of anilines is 1. The number of nitrogens with one attached hydrogen (secondary N) is 2. The van der Waals surface area contributed by atoms with Crippen LogP contribution in [-0.4, -0.2) is 28.2 Å². The molecule has 0 saturated carbocycles. The van der Waals surface area contributed by atoms with Crippen molar-refractivity contribution in [3.05, 3.63) is 101 Å². The Morgan fingerprint density at radius 2 is 1.57 bits per heavy atom. The van der Waals surface area contributed by atoms with Gasteiger partial charge in [-0.05, 0) is 60.0 Å². The SMILES string of the molecule is CC(O)(c1ccc(CN)cc1)[C@H](NC(=O)c1ccc(CC#Cc2ccc(N)cc2)cc1)C(=O)NO. The van der Waals surface area contributed by atoms with E-state index in [1.165, 1.54) is 12.4 Å². The second kappa shape index (κ2) is 11.3. The standard InChI is InChI=1S/C27H28N4O4/c1-27(34,22-13-7-20(17-28)8-14-22)24(26(33)31-35)30-25(32)21-11-5-18(6-12-21)3-2-4-19-9-15-23(29)16-10-19/h5-16,24,34-35H,3,17,28-29H2,1H3,(H,30,32)(H,31,33)/t24-,27?/m1/s1. The summed E-state index contributed by atoms with van der Waals surface area (Å²) >= 11 is 0. The van der Waals surface area contributed by atoms with Gasteiger partial charge in [0.25, 0.3) is 11.8 Å². The number of benzene rings is 3. The molecule has 8 N–H and O–H groups in total. The minimum absolute atomic E-state index is 0.283. The number of amides is 2. The summed E-state index contributed by atoms with van der Waals surface area (Å²) in [5.41, 5.74) is 14.9. The van der Waals surface area contributed by atoms with Crippen molar-refractivity contribution in [1.82, 2.24) is 10.8 Å². The minimum Gasteiger partial charge on any atom is -0.399 e. The Hall–Kier alpha value is -4.16. The molecule has 0 radical (unpaired) electrons. The first-order valence-electron chi connectivity index (χ1n) is 10.9. The second-order valence-corrected chi connectivity index (χ2v) is 8.23. The molecule has 0 aromatic heterocycles. The summed E-state index contributed by atoms with van der Waals surface area (Å²) in [6.45, 7) is 1.70. The van der Waals surface area contributed by atoms with Crippen LogP contribution in [0.25, 0.3) is 0 Å². The Balaban J connectivity index is 1.71. The fourth-order valence-corrected chi connectivity index (χ4v) is 3.47. The molecule has 0 aliphatic rings. The summed E-state index contributed by atoms with van der Waals surface area (Å²) in [5.74, 6) is 4.58.